The van der Waals surface area contributed by atoms with Crippen LogP contribution in [0, 0.1) is 6.92 Å². The number of hydrogen-bond donors (Lipinski definition) is 1. The fourth-order valence-corrected chi connectivity index (χ4v) is 2.04. The van der Waals surface area contributed by atoms with E-state index in [2.05, 4.69) is 10.6 Å². The van der Waals surface area contributed by atoms with Crippen molar-refractivity contribution in [1.29, 1.82) is 0 Å². The number of nitrogens with zero attached hydrogens (tertiary/aromatic N) is 1. The Morgan fingerprint density at radius 1 is 1.22 bits per heavy atom. The van der Waals surface area contributed by atoms with Crippen LogP contribution < -0.4 is 10.2 Å². The maximum atomic E-state index is 12.3. The Labute approximate surface area is 135 Å². The van der Waals surface area contributed by atoms with Crippen LogP contribution in [0.25, 0.3) is 0 Å². The molecule has 1 aromatic carbocycles. The van der Waals surface area contributed by atoms with Crippen molar-refractivity contribution in [3.63, 3.8) is 0 Å². The van der Waals surface area contributed by atoms with Gasteiger partial charge in [0.05, 0.1) is 0 Å². The van der Waals surface area contributed by atoms with Gasteiger partial charge in [-0.25, -0.2) is 5.48 Å². The van der Waals surface area contributed by atoms with Gasteiger partial charge in [-0.05, 0) is 19.1 Å². The van der Waals surface area contributed by atoms with Crippen LogP contribution in [0.3, 0.4) is 0 Å². The highest BCUT2D eigenvalue weighted by atomic mass is 16.7. The SMILES string of the molecule is Cc1onc(C(C)(C)C)c1C(=O)NOCCOc1ccccc1. The zero-order valence-electron chi connectivity index (χ0n) is 13.9. The molecule has 6 nitrogen and oxygen atoms in total. The molecule has 2 rings (SSSR count). The molecule has 1 amide bonds. The topological polar surface area (TPSA) is 73.6 Å². The van der Waals surface area contributed by atoms with Crippen molar-refractivity contribution in [1.82, 2.24) is 10.6 Å². The number of benzene rings is 1. The second kappa shape index (κ2) is 7.28. The van der Waals surface area contributed by atoms with Crippen LogP contribution in [0.4, 0.5) is 0 Å². The fraction of sp³-hybridized carbons (Fsp3) is 0.412. The van der Waals surface area contributed by atoms with E-state index < -0.39 is 0 Å². The fourth-order valence-electron chi connectivity index (χ4n) is 2.04. The Hall–Kier alpha value is -2.34. The summed E-state index contributed by atoms with van der Waals surface area (Å²) in [7, 11) is 0. The maximum absolute atomic E-state index is 12.3. The number of ether oxygens (including phenoxy) is 1. The Kier molecular flexibility index (Phi) is 5.39. The van der Waals surface area contributed by atoms with E-state index >= 15 is 0 Å². The molecule has 0 saturated carbocycles. The molecule has 6 heteroatoms. The number of rotatable bonds is 6. The molecule has 1 N–H and O–H groups in total. The van der Waals surface area contributed by atoms with Crippen LogP contribution in [-0.2, 0) is 10.3 Å². The summed E-state index contributed by atoms with van der Waals surface area (Å²) in [6, 6.07) is 9.41. The van der Waals surface area contributed by atoms with Gasteiger partial charge in [0.25, 0.3) is 5.91 Å². The molecule has 1 aromatic heterocycles. The third-order valence-electron chi connectivity index (χ3n) is 3.16. The molecule has 124 valence electrons. The van der Waals surface area contributed by atoms with Crippen molar-refractivity contribution in [2.75, 3.05) is 13.2 Å². The summed E-state index contributed by atoms with van der Waals surface area (Å²) in [5, 5.41) is 3.98. The normalized spacial score (nSPS) is 11.3. The van der Waals surface area contributed by atoms with Crippen molar-refractivity contribution < 1.29 is 18.9 Å². The number of nitrogens with one attached hydrogen (secondary N) is 1. The molecule has 0 radical (unpaired) electrons. The minimum atomic E-state index is -0.367. The first-order valence-electron chi connectivity index (χ1n) is 7.46. The predicted octanol–water partition coefficient (Wildman–Crippen LogP) is 3.02. The van der Waals surface area contributed by atoms with E-state index in [4.69, 9.17) is 14.1 Å². The Bertz CT molecular complexity index is 644. The predicted molar refractivity (Wildman–Crippen MR) is 85.3 cm³/mol. The Morgan fingerprint density at radius 2 is 1.91 bits per heavy atom. The van der Waals surface area contributed by atoms with Gasteiger partial charge in [-0.2, -0.15) is 0 Å². The first-order valence-corrected chi connectivity index (χ1v) is 7.46. The zero-order valence-corrected chi connectivity index (χ0v) is 13.9. The lowest BCUT2D eigenvalue weighted by Crippen LogP contribution is -2.29. The van der Waals surface area contributed by atoms with Gasteiger partial charge in [0.1, 0.15) is 36.0 Å². The number of hydroxylamine groups is 1. The van der Waals surface area contributed by atoms with Crippen LogP contribution >= 0.6 is 0 Å². The minimum Gasteiger partial charge on any atom is -0.491 e. The number of hydrogen-bond acceptors (Lipinski definition) is 5. The summed E-state index contributed by atoms with van der Waals surface area (Å²) in [6.07, 6.45) is 0. The third-order valence-corrected chi connectivity index (χ3v) is 3.16. The van der Waals surface area contributed by atoms with Gasteiger partial charge >= 0.3 is 0 Å². The average Bonchev–Trinajstić information content (AvgIpc) is 2.90. The van der Waals surface area contributed by atoms with E-state index in [0.29, 0.717) is 23.6 Å². The number of amides is 1. The van der Waals surface area contributed by atoms with Gasteiger partial charge in [0.15, 0.2) is 0 Å². The molecule has 0 aliphatic carbocycles. The molecule has 23 heavy (non-hydrogen) atoms. The number of carbonyl (C=O) groups is 1. The van der Waals surface area contributed by atoms with Gasteiger partial charge in [-0.3, -0.25) is 9.63 Å². The first kappa shape index (κ1) is 17.0. The molecule has 0 spiro atoms. The molecule has 0 atom stereocenters. The summed E-state index contributed by atoms with van der Waals surface area (Å²) >= 11 is 0. The van der Waals surface area contributed by atoms with Crippen molar-refractivity contribution in [2.45, 2.75) is 33.1 Å². The average molecular weight is 318 g/mol. The van der Waals surface area contributed by atoms with E-state index in [9.17, 15) is 4.79 Å². The third kappa shape index (κ3) is 4.56. The number of carbonyl (C=O) groups excluding carboxylic acids is 1. The first-order chi connectivity index (χ1) is 10.9. The Balaban J connectivity index is 1.83. The Morgan fingerprint density at radius 3 is 2.57 bits per heavy atom. The highest BCUT2D eigenvalue weighted by Gasteiger charge is 2.28. The number of para-hydroxylation sites is 1. The summed E-state index contributed by atoms with van der Waals surface area (Å²) in [5.74, 6) is 0.859. The lowest BCUT2D eigenvalue weighted by atomic mass is 9.88. The van der Waals surface area contributed by atoms with Gasteiger partial charge < -0.3 is 9.26 Å². The molecule has 0 fully saturated rings. The molecule has 0 unspecified atom stereocenters. The van der Waals surface area contributed by atoms with E-state index in [1.807, 2.05) is 51.1 Å². The van der Waals surface area contributed by atoms with Crippen molar-refractivity contribution in [3.05, 3.63) is 47.3 Å². The highest BCUT2D eigenvalue weighted by Crippen LogP contribution is 2.26. The second-order valence-corrected chi connectivity index (χ2v) is 6.15. The zero-order chi connectivity index (χ0) is 16.9. The second-order valence-electron chi connectivity index (χ2n) is 6.15. The van der Waals surface area contributed by atoms with Crippen molar-refractivity contribution in [3.8, 4) is 5.75 Å². The molecule has 0 bridgehead atoms. The summed E-state index contributed by atoms with van der Waals surface area (Å²) in [4.78, 5) is 17.4. The molecule has 0 aliphatic rings. The number of aryl methyl sites for hydroxylation is 1. The minimum absolute atomic E-state index is 0.232. The monoisotopic (exact) mass is 318 g/mol. The van der Waals surface area contributed by atoms with Gasteiger partial charge in [-0.1, -0.05) is 44.1 Å². The summed E-state index contributed by atoms with van der Waals surface area (Å²) < 4.78 is 10.6. The van der Waals surface area contributed by atoms with Gasteiger partial charge in [0.2, 0.25) is 0 Å². The lowest BCUT2D eigenvalue weighted by molar-refractivity contribution is 0.0198. The largest absolute Gasteiger partial charge is 0.491 e. The van der Waals surface area contributed by atoms with Crippen molar-refractivity contribution >= 4 is 5.91 Å². The smallest absolute Gasteiger partial charge is 0.280 e. The summed E-state index contributed by atoms with van der Waals surface area (Å²) in [6.45, 7) is 8.17. The lowest BCUT2D eigenvalue weighted by Gasteiger charge is -2.16. The van der Waals surface area contributed by atoms with Crippen LogP contribution in [0.1, 0.15) is 42.6 Å². The van der Waals surface area contributed by atoms with Crippen LogP contribution in [0.5, 0.6) is 5.75 Å². The van der Waals surface area contributed by atoms with Crippen LogP contribution in [0.15, 0.2) is 34.9 Å². The standard InChI is InChI=1S/C17H22N2O4/c1-12-14(15(18-23-12)17(2,3)4)16(20)19-22-11-10-21-13-8-6-5-7-9-13/h5-9H,10-11H2,1-4H3,(H,19,20). The summed E-state index contributed by atoms with van der Waals surface area (Å²) in [5.41, 5.74) is 3.14. The quantitative estimate of drug-likeness (QED) is 0.654. The molecular weight excluding hydrogens is 296 g/mol. The molecule has 2 aromatic rings. The highest BCUT2D eigenvalue weighted by molar-refractivity contribution is 5.95. The molecule has 1 heterocycles. The van der Waals surface area contributed by atoms with Crippen molar-refractivity contribution in [2.24, 2.45) is 0 Å². The van der Waals surface area contributed by atoms with Gasteiger partial charge in [-0.15, -0.1) is 0 Å². The number of aromatic nitrogens is 1. The van der Waals surface area contributed by atoms with E-state index in [1.54, 1.807) is 6.92 Å². The molecular formula is C17H22N2O4. The van der Waals surface area contributed by atoms with E-state index in [0.717, 1.165) is 5.75 Å². The van der Waals surface area contributed by atoms with Crippen LogP contribution in [-0.4, -0.2) is 24.3 Å². The van der Waals surface area contributed by atoms with Gasteiger partial charge in [0, 0.05) is 5.41 Å². The van der Waals surface area contributed by atoms with Crippen LogP contribution in [0.2, 0.25) is 0 Å². The van der Waals surface area contributed by atoms with E-state index in [1.165, 1.54) is 0 Å². The van der Waals surface area contributed by atoms with E-state index in [-0.39, 0.29) is 17.9 Å². The molecule has 0 aliphatic heterocycles. The molecule has 0 saturated heterocycles. The maximum Gasteiger partial charge on any atom is 0.280 e.